The second-order valence-electron chi connectivity index (χ2n) is 8.01. The average molecular weight is 559 g/mol. The predicted molar refractivity (Wildman–Crippen MR) is 136 cm³/mol. The molecule has 0 saturated carbocycles. The predicted octanol–water partition coefficient (Wildman–Crippen LogP) is 3.55. The van der Waals surface area contributed by atoms with Gasteiger partial charge in [0.2, 0.25) is 5.89 Å². The lowest BCUT2D eigenvalue weighted by Gasteiger charge is -2.36. The van der Waals surface area contributed by atoms with Crippen LogP contribution in [-0.4, -0.2) is 67.8 Å². The van der Waals surface area contributed by atoms with E-state index in [1.165, 1.54) is 12.1 Å². The van der Waals surface area contributed by atoms with Gasteiger partial charge >= 0.3 is 0 Å². The summed E-state index contributed by atoms with van der Waals surface area (Å²) in [5, 5.41) is 6.71. The quantitative estimate of drug-likeness (QED) is 0.278. The average Bonchev–Trinajstić information content (AvgIpc) is 3.24. The Morgan fingerprint density at radius 3 is 2.56 bits per heavy atom. The van der Waals surface area contributed by atoms with Crippen LogP contribution in [0.15, 0.2) is 39.9 Å². The molecule has 9 heteroatoms. The number of benzene rings is 1. The van der Waals surface area contributed by atoms with Gasteiger partial charge in [0, 0.05) is 44.2 Å². The minimum Gasteiger partial charge on any atom is -0.444 e. The van der Waals surface area contributed by atoms with Crippen LogP contribution in [0.2, 0.25) is 0 Å². The lowest BCUT2D eigenvalue weighted by molar-refractivity contribution is 0.00867. The highest BCUT2D eigenvalue weighted by molar-refractivity contribution is 14.0. The summed E-state index contributed by atoms with van der Waals surface area (Å²) in [4.78, 5) is 11.8. The zero-order valence-corrected chi connectivity index (χ0v) is 21.5. The van der Waals surface area contributed by atoms with Crippen molar-refractivity contribution >= 4 is 29.9 Å². The van der Waals surface area contributed by atoms with Gasteiger partial charge in [-0.2, -0.15) is 0 Å². The van der Waals surface area contributed by atoms with Gasteiger partial charge in [0.05, 0.1) is 25.5 Å². The van der Waals surface area contributed by atoms with Gasteiger partial charge in [0.15, 0.2) is 5.96 Å². The first-order valence-corrected chi connectivity index (χ1v) is 11.1. The Labute approximate surface area is 207 Å². The van der Waals surface area contributed by atoms with Crippen LogP contribution in [0.4, 0.5) is 4.39 Å². The van der Waals surface area contributed by atoms with Crippen molar-refractivity contribution in [2.24, 2.45) is 10.9 Å². The van der Waals surface area contributed by atoms with Crippen LogP contribution in [-0.2, 0) is 11.2 Å². The molecular formula is C23H35FIN5O2. The molecule has 0 bridgehead atoms. The third-order valence-corrected chi connectivity index (χ3v) is 5.38. The molecule has 0 amide bonds. The molecule has 0 radical (unpaired) electrons. The summed E-state index contributed by atoms with van der Waals surface area (Å²) in [5.41, 5.74) is 1.61. The highest BCUT2D eigenvalue weighted by Crippen LogP contribution is 2.19. The van der Waals surface area contributed by atoms with Gasteiger partial charge in [-0.25, -0.2) is 9.37 Å². The number of aliphatic imine (C=N–C) groups is 1. The van der Waals surface area contributed by atoms with E-state index in [4.69, 9.17) is 14.1 Å². The number of rotatable bonds is 9. The van der Waals surface area contributed by atoms with E-state index in [1.807, 2.05) is 0 Å². The van der Waals surface area contributed by atoms with E-state index in [-0.39, 0.29) is 29.8 Å². The Bertz CT molecular complexity index is 822. The Morgan fingerprint density at radius 1 is 1.19 bits per heavy atom. The minimum atomic E-state index is -0.275. The maximum Gasteiger partial charge on any atom is 0.226 e. The molecule has 1 atom stereocenters. The molecule has 0 aliphatic carbocycles. The fourth-order valence-electron chi connectivity index (χ4n) is 3.64. The largest absolute Gasteiger partial charge is 0.444 e. The van der Waals surface area contributed by atoms with E-state index >= 15 is 0 Å². The Balaban J connectivity index is 0.00000363. The first kappa shape index (κ1) is 26.5. The third kappa shape index (κ3) is 8.00. The minimum absolute atomic E-state index is 0. The zero-order chi connectivity index (χ0) is 22.1. The van der Waals surface area contributed by atoms with Gasteiger partial charge < -0.3 is 19.8 Å². The van der Waals surface area contributed by atoms with Crippen LogP contribution in [0, 0.1) is 11.7 Å². The van der Waals surface area contributed by atoms with Crippen LogP contribution in [0.25, 0.3) is 11.5 Å². The van der Waals surface area contributed by atoms with Gasteiger partial charge in [0.25, 0.3) is 0 Å². The van der Waals surface area contributed by atoms with Crippen molar-refractivity contribution in [3.05, 3.63) is 42.0 Å². The number of halogens is 2. The summed E-state index contributed by atoms with van der Waals surface area (Å²) in [5.74, 6) is 1.55. The summed E-state index contributed by atoms with van der Waals surface area (Å²) < 4.78 is 24.1. The number of hydrogen-bond donors (Lipinski definition) is 2. The van der Waals surface area contributed by atoms with Crippen LogP contribution in [0.3, 0.4) is 0 Å². The molecule has 1 saturated heterocycles. The van der Waals surface area contributed by atoms with Crippen molar-refractivity contribution in [3.63, 3.8) is 0 Å². The van der Waals surface area contributed by atoms with Crippen LogP contribution in [0.1, 0.15) is 26.5 Å². The van der Waals surface area contributed by atoms with E-state index < -0.39 is 0 Å². The molecule has 2 aromatic rings. The van der Waals surface area contributed by atoms with Gasteiger partial charge in [-0.1, -0.05) is 13.8 Å². The van der Waals surface area contributed by atoms with Crippen molar-refractivity contribution in [1.82, 2.24) is 20.5 Å². The molecule has 2 heterocycles. The summed E-state index contributed by atoms with van der Waals surface area (Å²) in [7, 11) is 0. The maximum atomic E-state index is 13.1. The normalized spacial score (nSPS) is 16.0. The second-order valence-corrected chi connectivity index (χ2v) is 8.01. The first-order valence-electron chi connectivity index (χ1n) is 11.1. The number of guanidine groups is 1. The monoisotopic (exact) mass is 559 g/mol. The Hall–Kier alpha value is -1.72. The molecular weight excluding hydrogens is 524 g/mol. The van der Waals surface area contributed by atoms with Crippen LogP contribution < -0.4 is 10.6 Å². The number of morpholine rings is 1. The molecule has 1 aliphatic heterocycles. The van der Waals surface area contributed by atoms with Crippen molar-refractivity contribution < 1.29 is 13.5 Å². The molecule has 1 aliphatic rings. The molecule has 1 fully saturated rings. The number of aromatic nitrogens is 1. The SMILES string of the molecule is CCNC(=NCC(C(C)C)N1CCOCC1)NCCc1coc(-c2ccc(F)cc2)n1.I. The van der Waals surface area contributed by atoms with Gasteiger partial charge in [-0.3, -0.25) is 9.89 Å². The molecule has 1 aromatic carbocycles. The maximum absolute atomic E-state index is 13.1. The lowest BCUT2D eigenvalue weighted by atomic mass is 10.0. The van der Waals surface area contributed by atoms with E-state index in [2.05, 4.69) is 41.3 Å². The van der Waals surface area contributed by atoms with Crippen LogP contribution in [0.5, 0.6) is 0 Å². The van der Waals surface area contributed by atoms with E-state index in [0.29, 0.717) is 30.8 Å². The van der Waals surface area contributed by atoms with Crippen molar-refractivity contribution in [1.29, 1.82) is 0 Å². The van der Waals surface area contributed by atoms with Crippen molar-refractivity contribution in [2.75, 3.05) is 45.9 Å². The molecule has 1 unspecified atom stereocenters. The summed E-state index contributed by atoms with van der Waals surface area (Å²) in [6.07, 6.45) is 2.35. The zero-order valence-electron chi connectivity index (χ0n) is 19.1. The number of oxazole rings is 1. The summed E-state index contributed by atoms with van der Waals surface area (Å²) >= 11 is 0. The highest BCUT2D eigenvalue weighted by Gasteiger charge is 2.23. The Morgan fingerprint density at radius 2 is 1.91 bits per heavy atom. The smallest absolute Gasteiger partial charge is 0.226 e. The highest BCUT2D eigenvalue weighted by atomic mass is 127. The van der Waals surface area contributed by atoms with Gasteiger partial charge in [0.1, 0.15) is 12.1 Å². The second kappa shape index (κ2) is 13.7. The van der Waals surface area contributed by atoms with Crippen molar-refractivity contribution in [2.45, 2.75) is 33.2 Å². The van der Waals surface area contributed by atoms with E-state index in [0.717, 1.165) is 56.6 Å². The van der Waals surface area contributed by atoms with E-state index in [9.17, 15) is 4.39 Å². The van der Waals surface area contributed by atoms with E-state index in [1.54, 1.807) is 18.4 Å². The molecule has 2 N–H and O–H groups in total. The number of hydrogen-bond acceptors (Lipinski definition) is 5. The molecule has 1 aromatic heterocycles. The fourth-order valence-corrected chi connectivity index (χ4v) is 3.64. The molecule has 3 rings (SSSR count). The van der Waals surface area contributed by atoms with Gasteiger partial charge in [-0.05, 0) is 37.1 Å². The Kier molecular flexibility index (Phi) is 11.4. The molecule has 32 heavy (non-hydrogen) atoms. The lowest BCUT2D eigenvalue weighted by Crippen LogP contribution is -2.48. The molecule has 178 valence electrons. The number of nitrogens with zero attached hydrogens (tertiary/aromatic N) is 3. The number of nitrogens with one attached hydrogen (secondary N) is 2. The third-order valence-electron chi connectivity index (χ3n) is 5.38. The molecule has 0 spiro atoms. The standard InChI is InChI=1S/C23H34FN5O2.HI/c1-4-25-23(27-15-21(17(2)3)29-11-13-30-14-12-29)26-10-9-20-16-31-22(28-20)18-5-7-19(24)8-6-18;/h5-8,16-17,21H,4,9-15H2,1-3H3,(H2,25,26,27);1H. The molecule has 7 nitrogen and oxygen atoms in total. The summed E-state index contributed by atoms with van der Waals surface area (Å²) in [6.45, 7) is 12.3. The fraction of sp³-hybridized carbons (Fsp3) is 0.565. The van der Waals surface area contributed by atoms with Crippen molar-refractivity contribution in [3.8, 4) is 11.5 Å². The number of ether oxygens (including phenoxy) is 1. The first-order chi connectivity index (χ1) is 15.1. The summed E-state index contributed by atoms with van der Waals surface area (Å²) in [6, 6.07) is 6.54. The van der Waals surface area contributed by atoms with Gasteiger partial charge in [-0.15, -0.1) is 24.0 Å². The topological polar surface area (TPSA) is 74.9 Å². The van der Waals surface area contributed by atoms with Crippen LogP contribution >= 0.6 is 24.0 Å².